The van der Waals surface area contributed by atoms with Crippen LogP contribution in [0.3, 0.4) is 0 Å². The van der Waals surface area contributed by atoms with Gasteiger partial charge in [0.25, 0.3) is 5.91 Å². The smallest absolute Gasteiger partial charge is 0.273 e. The van der Waals surface area contributed by atoms with Crippen LogP contribution >= 0.6 is 11.3 Å². The number of aromatic nitrogens is 2. The molecule has 2 aliphatic rings. The van der Waals surface area contributed by atoms with Crippen molar-refractivity contribution in [2.75, 3.05) is 44.3 Å². The van der Waals surface area contributed by atoms with Crippen molar-refractivity contribution in [1.29, 1.82) is 0 Å². The summed E-state index contributed by atoms with van der Waals surface area (Å²) in [5.41, 5.74) is 2.21. The van der Waals surface area contributed by atoms with Crippen molar-refractivity contribution in [3.05, 3.63) is 41.0 Å². The van der Waals surface area contributed by atoms with Gasteiger partial charge in [-0.25, -0.2) is 9.97 Å². The van der Waals surface area contributed by atoms with E-state index >= 15 is 0 Å². The van der Waals surface area contributed by atoms with E-state index in [1.165, 1.54) is 11.3 Å². The Hall–Kier alpha value is -1.99. The maximum absolute atomic E-state index is 12.7. The molecule has 0 aliphatic carbocycles. The molecule has 2 aliphatic heterocycles. The molecule has 0 aromatic carbocycles. The molecule has 7 heteroatoms. The van der Waals surface area contributed by atoms with Gasteiger partial charge >= 0.3 is 0 Å². The summed E-state index contributed by atoms with van der Waals surface area (Å²) >= 11 is 1.45. The molecule has 1 amide bonds. The molecule has 2 aromatic heterocycles. The molecule has 2 aromatic rings. The van der Waals surface area contributed by atoms with Crippen LogP contribution < -0.4 is 4.90 Å². The summed E-state index contributed by atoms with van der Waals surface area (Å²) in [5.74, 6) is 1.01. The van der Waals surface area contributed by atoms with Gasteiger partial charge in [-0.15, -0.1) is 11.3 Å². The number of anilines is 1. The number of hydrogen-bond acceptors (Lipinski definition) is 6. The second-order valence-electron chi connectivity index (χ2n) is 6.51. The lowest BCUT2D eigenvalue weighted by molar-refractivity contribution is 0.0686. The van der Waals surface area contributed by atoms with E-state index in [0.717, 1.165) is 25.3 Å². The van der Waals surface area contributed by atoms with Gasteiger partial charge in [-0.05, 0) is 18.6 Å². The van der Waals surface area contributed by atoms with Crippen LogP contribution in [0.25, 0.3) is 0 Å². The van der Waals surface area contributed by atoms with Crippen molar-refractivity contribution in [3.8, 4) is 0 Å². The topological polar surface area (TPSA) is 58.6 Å². The minimum Gasteiger partial charge on any atom is -0.379 e. The molecular weight excluding hydrogens is 324 g/mol. The average Bonchev–Trinajstić information content (AvgIpc) is 3.24. The lowest BCUT2D eigenvalue weighted by Crippen LogP contribution is -2.43. The third kappa shape index (κ3) is 3.01. The Balaban J connectivity index is 1.51. The van der Waals surface area contributed by atoms with Gasteiger partial charge in [0.1, 0.15) is 11.5 Å². The molecule has 6 nitrogen and oxygen atoms in total. The SMILES string of the molecule is O=C(c1cscn1)N1CCOCC2(CCN(c3ccccn3)C2)C1. The van der Waals surface area contributed by atoms with Crippen molar-refractivity contribution in [2.45, 2.75) is 6.42 Å². The van der Waals surface area contributed by atoms with Crippen molar-refractivity contribution in [3.63, 3.8) is 0 Å². The summed E-state index contributed by atoms with van der Waals surface area (Å²) in [5, 5.41) is 1.82. The summed E-state index contributed by atoms with van der Waals surface area (Å²) in [6.07, 6.45) is 2.83. The summed E-state index contributed by atoms with van der Waals surface area (Å²) in [4.78, 5) is 25.5. The normalized spacial score (nSPS) is 24.3. The van der Waals surface area contributed by atoms with Crippen LogP contribution in [0.15, 0.2) is 35.3 Å². The number of pyridine rings is 1. The van der Waals surface area contributed by atoms with E-state index in [-0.39, 0.29) is 11.3 Å². The number of ether oxygens (including phenoxy) is 1. The van der Waals surface area contributed by atoms with Crippen LogP contribution in [0.5, 0.6) is 0 Å². The number of carbonyl (C=O) groups excluding carboxylic acids is 1. The molecule has 126 valence electrons. The Morgan fingerprint density at radius 1 is 1.25 bits per heavy atom. The van der Waals surface area contributed by atoms with E-state index in [9.17, 15) is 4.79 Å². The molecule has 1 unspecified atom stereocenters. The summed E-state index contributed by atoms with van der Waals surface area (Å²) in [6, 6.07) is 5.97. The van der Waals surface area contributed by atoms with Crippen molar-refractivity contribution in [1.82, 2.24) is 14.9 Å². The Bertz CT molecular complexity index is 694. The van der Waals surface area contributed by atoms with E-state index in [2.05, 4.69) is 14.9 Å². The average molecular weight is 344 g/mol. The molecule has 4 rings (SSSR count). The van der Waals surface area contributed by atoms with E-state index in [1.54, 1.807) is 5.51 Å². The summed E-state index contributed by atoms with van der Waals surface area (Å²) < 4.78 is 5.86. The van der Waals surface area contributed by atoms with Gasteiger partial charge in [0.15, 0.2) is 0 Å². The summed E-state index contributed by atoms with van der Waals surface area (Å²) in [7, 11) is 0. The third-order valence-electron chi connectivity index (χ3n) is 4.79. The molecule has 0 N–H and O–H groups in total. The molecule has 0 bridgehead atoms. The fourth-order valence-electron chi connectivity index (χ4n) is 3.56. The second-order valence-corrected chi connectivity index (χ2v) is 7.23. The highest BCUT2D eigenvalue weighted by molar-refractivity contribution is 7.07. The first-order chi connectivity index (χ1) is 11.8. The van der Waals surface area contributed by atoms with E-state index in [4.69, 9.17) is 4.74 Å². The molecule has 24 heavy (non-hydrogen) atoms. The number of nitrogens with zero attached hydrogens (tertiary/aromatic N) is 4. The van der Waals surface area contributed by atoms with E-state index < -0.39 is 0 Å². The van der Waals surface area contributed by atoms with Gasteiger partial charge in [0, 0.05) is 43.2 Å². The Morgan fingerprint density at radius 3 is 3.00 bits per heavy atom. The first-order valence-corrected chi connectivity index (χ1v) is 9.11. The number of amides is 1. The second kappa shape index (κ2) is 6.49. The largest absolute Gasteiger partial charge is 0.379 e. The van der Waals surface area contributed by atoms with Gasteiger partial charge in [-0.1, -0.05) is 6.07 Å². The standard InChI is InChI=1S/C17H20N4O2S/c22-16(14-9-24-13-19-14)21-7-8-23-12-17(11-21)4-6-20(10-17)15-3-1-2-5-18-15/h1-3,5,9,13H,4,6-8,10-12H2. The molecule has 2 saturated heterocycles. The molecule has 1 spiro atoms. The lowest BCUT2D eigenvalue weighted by atomic mass is 9.87. The van der Waals surface area contributed by atoms with Gasteiger partial charge in [-0.2, -0.15) is 0 Å². The molecular formula is C17H20N4O2S. The fourth-order valence-corrected chi connectivity index (χ4v) is 4.09. The predicted octanol–water partition coefficient (Wildman–Crippen LogP) is 1.91. The van der Waals surface area contributed by atoms with Gasteiger partial charge in [0.2, 0.25) is 0 Å². The highest BCUT2D eigenvalue weighted by atomic mass is 32.1. The molecule has 0 radical (unpaired) electrons. The number of rotatable bonds is 2. The van der Waals surface area contributed by atoms with Crippen LogP contribution in [0.2, 0.25) is 0 Å². The summed E-state index contributed by atoms with van der Waals surface area (Å²) in [6.45, 7) is 4.43. The van der Waals surface area contributed by atoms with Crippen LogP contribution in [0, 0.1) is 5.41 Å². The van der Waals surface area contributed by atoms with Gasteiger partial charge in [-0.3, -0.25) is 4.79 Å². The highest BCUT2D eigenvalue weighted by Crippen LogP contribution is 2.35. The Labute approximate surface area is 145 Å². The van der Waals surface area contributed by atoms with Crippen LogP contribution in [-0.2, 0) is 4.74 Å². The van der Waals surface area contributed by atoms with Gasteiger partial charge < -0.3 is 14.5 Å². The highest BCUT2D eigenvalue weighted by Gasteiger charge is 2.42. The zero-order chi connectivity index (χ0) is 16.4. The minimum atomic E-state index is -0.0281. The van der Waals surface area contributed by atoms with Crippen LogP contribution in [0.1, 0.15) is 16.9 Å². The van der Waals surface area contributed by atoms with Crippen molar-refractivity contribution in [2.24, 2.45) is 5.41 Å². The zero-order valence-electron chi connectivity index (χ0n) is 13.4. The monoisotopic (exact) mass is 344 g/mol. The first kappa shape index (κ1) is 15.5. The zero-order valence-corrected chi connectivity index (χ0v) is 14.2. The molecule has 1 atom stereocenters. The first-order valence-electron chi connectivity index (χ1n) is 8.17. The quantitative estimate of drug-likeness (QED) is 0.833. The molecule has 2 fully saturated rings. The maximum atomic E-state index is 12.7. The van der Waals surface area contributed by atoms with E-state index in [1.807, 2.05) is 34.7 Å². The Kier molecular flexibility index (Phi) is 4.20. The minimum absolute atomic E-state index is 0.0115. The van der Waals surface area contributed by atoms with Gasteiger partial charge in [0.05, 0.1) is 18.7 Å². The molecule has 0 saturated carbocycles. The number of carbonyl (C=O) groups is 1. The van der Waals surface area contributed by atoms with Crippen LogP contribution in [-0.4, -0.2) is 60.2 Å². The fraction of sp³-hybridized carbons (Fsp3) is 0.471. The van der Waals surface area contributed by atoms with Crippen LogP contribution in [0.4, 0.5) is 5.82 Å². The molecule has 4 heterocycles. The third-order valence-corrected chi connectivity index (χ3v) is 5.38. The predicted molar refractivity (Wildman–Crippen MR) is 92.3 cm³/mol. The number of hydrogen-bond donors (Lipinski definition) is 0. The van der Waals surface area contributed by atoms with Crippen molar-refractivity contribution >= 4 is 23.1 Å². The number of thiazole rings is 1. The van der Waals surface area contributed by atoms with Crippen molar-refractivity contribution < 1.29 is 9.53 Å². The maximum Gasteiger partial charge on any atom is 0.273 e. The van der Waals surface area contributed by atoms with E-state index in [0.29, 0.717) is 32.0 Å². The Morgan fingerprint density at radius 2 is 2.21 bits per heavy atom. The lowest BCUT2D eigenvalue weighted by Gasteiger charge is -2.31.